The highest BCUT2D eigenvalue weighted by molar-refractivity contribution is 7.08. The van der Waals surface area contributed by atoms with E-state index in [1.54, 1.807) is 11.3 Å². The molecule has 2 unspecified atom stereocenters. The summed E-state index contributed by atoms with van der Waals surface area (Å²) in [5.74, 6) is 0. The Kier molecular flexibility index (Phi) is 4.58. The van der Waals surface area contributed by atoms with Crippen LogP contribution < -0.4 is 0 Å². The minimum Gasteiger partial charge on any atom is -0.390 e. The predicted molar refractivity (Wildman–Crippen MR) is 59.5 cm³/mol. The van der Waals surface area contributed by atoms with Gasteiger partial charge in [-0.25, -0.2) is 0 Å². The Bertz CT molecular complexity index is 270. The van der Waals surface area contributed by atoms with Crippen molar-refractivity contribution in [1.82, 2.24) is 0 Å². The van der Waals surface area contributed by atoms with Crippen molar-refractivity contribution in [2.45, 2.75) is 45.3 Å². The van der Waals surface area contributed by atoms with Crippen molar-refractivity contribution in [2.24, 2.45) is 0 Å². The summed E-state index contributed by atoms with van der Waals surface area (Å²) in [7, 11) is 0. The standard InChI is InChI=1S/C11H18O2S/c1-3-4-5-10(12)11(13)9-7-14-6-8(9)2/h6-7,10-13H,3-5H2,1-2H3. The summed E-state index contributed by atoms with van der Waals surface area (Å²) in [4.78, 5) is 0. The lowest BCUT2D eigenvalue weighted by Gasteiger charge is -2.17. The average molecular weight is 214 g/mol. The van der Waals surface area contributed by atoms with E-state index in [1.807, 2.05) is 17.7 Å². The van der Waals surface area contributed by atoms with Gasteiger partial charge in [0.1, 0.15) is 6.10 Å². The van der Waals surface area contributed by atoms with Gasteiger partial charge >= 0.3 is 0 Å². The van der Waals surface area contributed by atoms with Crippen LogP contribution in [0.15, 0.2) is 10.8 Å². The molecular formula is C11H18O2S. The quantitative estimate of drug-likeness (QED) is 0.791. The largest absolute Gasteiger partial charge is 0.390 e. The molecule has 0 saturated carbocycles. The smallest absolute Gasteiger partial charge is 0.106 e. The maximum absolute atomic E-state index is 9.84. The SMILES string of the molecule is CCCCC(O)C(O)c1cscc1C. The third-order valence-corrected chi connectivity index (χ3v) is 3.31. The van der Waals surface area contributed by atoms with Crippen molar-refractivity contribution >= 4 is 11.3 Å². The highest BCUT2D eigenvalue weighted by Gasteiger charge is 2.19. The number of aliphatic hydroxyl groups is 2. The molecule has 2 N–H and O–H groups in total. The Morgan fingerprint density at radius 3 is 2.57 bits per heavy atom. The molecule has 1 aromatic rings. The van der Waals surface area contributed by atoms with Gasteiger partial charge in [-0.1, -0.05) is 19.8 Å². The van der Waals surface area contributed by atoms with E-state index in [4.69, 9.17) is 0 Å². The third-order valence-electron chi connectivity index (χ3n) is 2.43. The van der Waals surface area contributed by atoms with Gasteiger partial charge in [-0.3, -0.25) is 0 Å². The zero-order valence-electron chi connectivity index (χ0n) is 8.73. The number of thiophene rings is 1. The fraction of sp³-hybridized carbons (Fsp3) is 0.636. The van der Waals surface area contributed by atoms with E-state index < -0.39 is 12.2 Å². The summed E-state index contributed by atoms with van der Waals surface area (Å²) < 4.78 is 0. The first-order chi connectivity index (χ1) is 6.66. The van der Waals surface area contributed by atoms with E-state index in [1.165, 1.54) is 0 Å². The van der Waals surface area contributed by atoms with Crippen LogP contribution in [-0.4, -0.2) is 16.3 Å². The molecule has 0 saturated heterocycles. The summed E-state index contributed by atoms with van der Waals surface area (Å²) in [5, 5.41) is 23.4. The monoisotopic (exact) mass is 214 g/mol. The minimum absolute atomic E-state index is 0.622. The van der Waals surface area contributed by atoms with Gasteiger partial charge in [0, 0.05) is 0 Å². The molecule has 1 rings (SSSR count). The second kappa shape index (κ2) is 5.49. The number of hydrogen-bond donors (Lipinski definition) is 2. The Labute approximate surface area is 89.2 Å². The normalized spacial score (nSPS) is 15.4. The van der Waals surface area contributed by atoms with E-state index in [9.17, 15) is 10.2 Å². The minimum atomic E-state index is -0.715. The van der Waals surface area contributed by atoms with E-state index in [0.29, 0.717) is 6.42 Å². The molecule has 0 radical (unpaired) electrons. The van der Waals surface area contributed by atoms with Gasteiger partial charge in [0.05, 0.1) is 6.10 Å². The zero-order chi connectivity index (χ0) is 10.6. The van der Waals surface area contributed by atoms with Gasteiger partial charge in [-0.15, -0.1) is 0 Å². The average Bonchev–Trinajstić information content (AvgIpc) is 2.59. The third kappa shape index (κ3) is 2.80. The molecule has 14 heavy (non-hydrogen) atoms. The van der Waals surface area contributed by atoms with E-state index in [-0.39, 0.29) is 0 Å². The first-order valence-corrected chi connectivity index (χ1v) is 6.00. The molecule has 0 amide bonds. The molecule has 0 bridgehead atoms. The first kappa shape index (κ1) is 11.7. The highest BCUT2D eigenvalue weighted by atomic mass is 32.1. The van der Waals surface area contributed by atoms with Crippen LogP contribution in [-0.2, 0) is 0 Å². The lowest BCUT2D eigenvalue weighted by atomic mass is 10.0. The fourth-order valence-electron chi connectivity index (χ4n) is 1.45. The zero-order valence-corrected chi connectivity index (χ0v) is 9.55. The number of unbranched alkanes of at least 4 members (excludes halogenated alkanes) is 1. The van der Waals surface area contributed by atoms with Crippen LogP contribution >= 0.6 is 11.3 Å². The van der Waals surface area contributed by atoms with Crippen molar-refractivity contribution in [1.29, 1.82) is 0 Å². The molecule has 1 heterocycles. The maximum atomic E-state index is 9.84. The van der Waals surface area contributed by atoms with E-state index in [2.05, 4.69) is 6.92 Å². The predicted octanol–water partition coefficient (Wildman–Crippen LogP) is 2.64. The Hall–Kier alpha value is -0.380. The second-order valence-electron chi connectivity index (χ2n) is 3.66. The van der Waals surface area contributed by atoms with Crippen LogP contribution in [0.4, 0.5) is 0 Å². The van der Waals surface area contributed by atoms with Gasteiger partial charge in [0.15, 0.2) is 0 Å². The molecule has 0 spiro atoms. The Morgan fingerprint density at radius 1 is 1.36 bits per heavy atom. The topological polar surface area (TPSA) is 40.5 Å². The number of aryl methyl sites for hydroxylation is 1. The molecular weight excluding hydrogens is 196 g/mol. The van der Waals surface area contributed by atoms with Crippen LogP contribution in [0.25, 0.3) is 0 Å². The molecule has 80 valence electrons. The lowest BCUT2D eigenvalue weighted by molar-refractivity contribution is 0.0121. The Balaban J connectivity index is 2.56. The molecule has 2 nitrogen and oxygen atoms in total. The summed E-state index contributed by atoms with van der Waals surface area (Å²) in [6.45, 7) is 4.04. The van der Waals surface area contributed by atoms with Gasteiger partial charge in [0.25, 0.3) is 0 Å². The van der Waals surface area contributed by atoms with Crippen molar-refractivity contribution in [2.75, 3.05) is 0 Å². The van der Waals surface area contributed by atoms with Crippen LogP contribution in [0.5, 0.6) is 0 Å². The number of aliphatic hydroxyl groups excluding tert-OH is 2. The maximum Gasteiger partial charge on any atom is 0.106 e. The van der Waals surface area contributed by atoms with Crippen LogP contribution in [0, 0.1) is 6.92 Å². The van der Waals surface area contributed by atoms with E-state index >= 15 is 0 Å². The molecule has 0 aliphatic rings. The van der Waals surface area contributed by atoms with Gasteiger partial charge in [-0.05, 0) is 35.2 Å². The lowest BCUT2D eigenvalue weighted by Crippen LogP contribution is -2.18. The van der Waals surface area contributed by atoms with Gasteiger partial charge in [0.2, 0.25) is 0 Å². The molecule has 0 aliphatic heterocycles. The molecule has 0 aromatic carbocycles. The van der Waals surface area contributed by atoms with Crippen molar-refractivity contribution in [3.05, 3.63) is 21.9 Å². The molecule has 0 aliphatic carbocycles. The Morgan fingerprint density at radius 2 is 2.07 bits per heavy atom. The first-order valence-electron chi connectivity index (χ1n) is 5.05. The number of hydrogen-bond acceptors (Lipinski definition) is 3. The van der Waals surface area contributed by atoms with Crippen molar-refractivity contribution in [3.8, 4) is 0 Å². The summed E-state index contributed by atoms with van der Waals surface area (Å²) in [5.41, 5.74) is 1.94. The molecule has 1 aromatic heterocycles. The van der Waals surface area contributed by atoms with Crippen LogP contribution in [0.3, 0.4) is 0 Å². The molecule has 2 atom stereocenters. The van der Waals surface area contributed by atoms with Gasteiger partial charge < -0.3 is 10.2 Å². The molecule has 3 heteroatoms. The van der Waals surface area contributed by atoms with Crippen LogP contribution in [0.2, 0.25) is 0 Å². The van der Waals surface area contributed by atoms with Crippen molar-refractivity contribution in [3.63, 3.8) is 0 Å². The van der Waals surface area contributed by atoms with E-state index in [0.717, 1.165) is 24.0 Å². The second-order valence-corrected chi connectivity index (χ2v) is 4.41. The highest BCUT2D eigenvalue weighted by Crippen LogP contribution is 2.26. The summed E-state index contributed by atoms with van der Waals surface area (Å²) in [6, 6.07) is 0. The number of rotatable bonds is 5. The molecule has 0 fully saturated rings. The summed E-state index contributed by atoms with van der Waals surface area (Å²) in [6.07, 6.45) is 1.34. The van der Waals surface area contributed by atoms with Gasteiger partial charge in [-0.2, -0.15) is 11.3 Å². The van der Waals surface area contributed by atoms with Crippen molar-refractivity contribution < 1.29 is 10.2 Å². The van der Waals surface area contributed by atoms with Crippen LogP contribution in [0.1, 0.15) is 43.4 Å². The fourth-order valence-corrected chi connectivity index (χ4v) is 2.33. The summed E-state index contributed by atoms with van der Waals surface area (Å²) >= 11 is 1.56.